The minimum atomic E-state index is 0.222. The standard InChI is InChI=1S/C16H25ClN2O2/c1-12-10-19(11-13(2)21-12)16-14(5-4-6-15(16)17)9-18-7-8-20-3/h4-6,12-13,18H,7-11H2,1-3H3/t12-,13+. The number of nitrogens with one attached hydrogen (secondary N) is 1. The van der Waals surface area contributed by atoms with E-state index < -0.39 is 0 Å². The number of ether oxygens (including phenoxy) is 2. The molecule has 0 unspecified atom stereocenters. The molecule has 1 heterocycles. The molecule has 1 aliphatic heterocycles. The summed E-state index contributed by atoms with van der Waals surface area (Å²) < 4.78 is 10.9. The number of para-hydroxylation sites is 1. The van der Waals surface area contributed by atoms with E-state index in [1.54, 1.807) is 7.11 Å². The number of methoxy groups -OCH3 is 1. The third-order valence-corrected chi connectivity index (χ3v) is 3.91. The van der Waals surface area contributed by atoms with Crippen LogP contribution in [-0.2, 0) is 16.0 Å². The normalized spacial score (nSPS) is 22.6. The van der Waals surface area contributed by atoms with Crippen LogP contribution in [-0.4, -0.2) is 45.6 Å². The number of morpholine rings is 1. The maximum absolute atomic E-state index is 6.46. The Morgan fingerprint density at radius 3 is 2.71 bits per heavy atom. The van der Waals surface area contributed by atoms with Crippen molar-refractivity contribution in [1.29, 1.82) is 0 Å². The molecule has 0 saturated carbocycles. The minimum absolute atomic E-state index is 0.222. The van der Waals surface area contributed by atoms with Gasteiger partial charge in [0.2, 0.25) is 0 Å². The van der Waals surface area contributed by atoms with Crippen molar-refractivity contribution >= 4 is 17.3 Å². The first-order valence-corrected chi connectivity index (χ1v) is 7.87. The Morgan fingerprint density at radius 2 is 2.05 bits per heavy atom. The van der Waals surface area contributed by atoms with Crippen LogP contribution in [0.5, 0.6) is 0 Å². The summed E-state index contributed by atoms with van der Waals surface area (Å²) in [4.78, 5) is 2.34. The molecule has 1 aromatic rings. The van der Waals surface area contributed by atoms with Crippen molar-refractivity contribution in [3.8, 4) is 0 Å². The number of hydrogen-bond acceptors (Lipinski definition) is 4. The summed E-state index contributed by atoms with van der Waals surface area (Å²) in [5.74, 6) is 0. The fourth-order valence-electron chi connectivity index (χ4n) is 2.81. The molecule has 0 spiro atoms. The molecule has 0 aliphatic carbocycles. The molecule has 0 bridgehead atoms. The number of rotatable bonds is 6. The molecule has 4 nitrogen and oxygen atoms in total. The molecule has 0 amide bonds. The fraction of sp³-hybridized carbons (Fsp3) is 0.625. The second-order valence-electron chi connectivity index (χ2n) is 5.58. The van der Waals surface area contributed by atoms with E-state index in [2.05, 4.69) is 30.1 Å². The van der Waals surface area contributed by atoms with Gasteiger partial charge in [0.25, 0.3) is 0 Å². The van der Waals surface area contributed by atoms with E-state index in [0.29, 0.717) is 6.61 Å². The third kappa shape index (κ3) is 4.58. The zero-order chi connectivity index (χ0) is 15.2. The van der Waals surface area contributed by atoms with Gasteiger partial charge in [0.05, 0.1) is 29.5 Å². The zero-order valence-electron chi connectivity index (χ0n) is 13.1. The first-order valence-electron chi connectivity index (χ1n) is 7.49. The van der Waals surface area contributed by atoms with E-state index >= 15 is 0 Å². The Balaban J connectivity index is 2.13. The number of nitrogens with zero attached hydrogens (tertiary/aromatic N) is 1. The quantitative estimate of drug-likeness (QED) is 0.819. The number of anilines is 1. The van der Waals surface area contributed by atoms with Crippen LogP contribution in [0.15, 0.2) is 18.2 Å². The average molecular weight is 313 g/mol. The van der Waals surface area contributed by atoms with E-state index in [4.69, 9.17) is 21.1 Å². The molecule has 2 atom stereocenters. The van der Waals surface area contributed by atoms with Gasteiger partial charge in [0, 0.05) is 33.3 Å². The zero-order valence-corrected chi connectivity index (χ0v) is 13.8. The maximum atomic E-state index is 6.46. The molecule has 0 aromatic heterocycles. The van der Waals surface area contributed by atoms with E-state index in [0.717, 1.165) is 36.9 Å². The third-order valence-electron chi connectivity index (χ3n) is 3.60. The SMILES string of the molecule is COCCNCc1cccc(Cl)c1N1C[C@@H](C)O[C@@H](C)C1. The predicted molar refractivity (Wildman–Crippen MR) is 87.3 cm³/mol. The summed E-state index contributed by atoms with van der Waals surface area (Å²) in [6.45, 7) is 8.30. The maximum Gasteiger partial charge on any atom is 0.0726 e. The van der Waals surface area contributed by atoms with Crippen LogP contribution in [0.1, 0.15) is 19.4 Å². The second-order valence-corrected chi connectivity index (χ2v) is 5.99. The van der Waals surface area contributed by atoms with Gasteiger partial charge in [-0.2, -0.15) is 0 Å². The van der Waals surface area contributed by atoms with Gasteiger partial charge in [-0.05, 0) is 25.5 Å². The highest BCUT2D eigenvalue weighted by atomic mass is 35.5. The minimum Gasteiger partial charge on any atom is -0.383 e. The highest BCUT2D eigenvalue weighted by molar-refractivity contribution is 6.33. The van der Waals surface area contributed by atoms with Crippen LogP contribution in [0.25, 0.3) is 0 Å². The molecular formula is C16H25ClN2O2. The molecule has 5 heteroatoms. The number of halogens is 1. The first kappa shape index (κ1) is 16.6. The molecule has 1 fully saturated rings. The molecule has 21 heavy (non-hydrogen) atoms. The van der Waals surface area contributed by atoms with Gasteiger partial charge < -0.3 is 19.7 Å². The molecular weight excluding hydrogens is 288 g/mol. The smallest absolute Gasteiger partial charge is 0.0726 e. The van der Waals surface area contributed by atoms with Crippen LogP contribution in [0.4, 0.5) is 5.69 Å². The lowest BCUT2D eigenvalue weighted by molar-refractivity contribution is -0.00525. The van der Waals surface area contributed by atoms with Crippen molar-refractivity contribution in [2.75, 3.05) is 38.3 Å². The Morgan fingerprint density at radius 1 is 1.33 bits per heavy atom. The monoisotopic (exact) mass is 312 g/mol. The van der Waals surface area contributed by atoms with Crippen molar-refractivity contribution in [3.63, 3.8) is 0 Å². The highest BCUT2D eigenvalue weighted by Gasteiger charge is 2.25. The van der Waals surface area contributed by atoms with E-state index in [-0.39, 0.29) is 12.2 Å². The van der Waals surface area contributed by atoms with Gasteiger partial charge in [0.1, 0.15) is 0 Å². The van der Waals surface area contributed by atoms with Gasteiger partial charge >= 0.3 is 0 Å². The predicted octanol–water partition coefficient (Wildman–Crippen LogP) is 2.69. The largest absolute Gasteiger partial charge is 0.383 e. The second kappa shape index (κ2) is 7.99. The van der Waals surface area contributed by atoms with Crippen molar-refractivity contribution < 1.29 is 9.47 Å². The highest BCUT2D eigenvalue weighted by Crippen LogP contribution is 2.32. The summed E-state index contributed by atoms with van der Waals surface area (Å²) in [7, 11) is 1.71. The van der Waals surface area contributed by atoms with Gasteiger partial charge in [-0.3, -0.25) is 0 Å². The summed E-state index contributed by atoms with van der Waals surface area (Å²) in [5, 5.41) is 4.20. The molecule has 118 valence electrons. The lowest BCUT2D eigenvalue weighted by Crippen LogP contribution is -2.46. The lowest BCUT2D eigenvalue weighted by Gasteiger charge is -2.38. The van der Waals surface area contributed by atoms with Crippen LogP contribution < -0.4 is 10.2 Å². The molecule has 1 saturated heterocycles. The Labute approximate surface area is 132 Å². The summed E-state index contributed by atoms with van der Waals surface area (Å²) in [6.07, 6.45) is 0.443. The number of hydrogen-bond donors (Lipinski definition) is 1. The average Bonchev–Trinajstić information content (AvgIpc) is 2.42. The van der Waals surface area contributed by atoms with Crippen LogP contribution in [0.2, 0.25) is 5.02 Å². The Hall–Kier alpha value is -0.810. The molecule has 1 aromatic carbocycles. The summed E-state index contributed by atoms with van der Waals surface area (Å²) >= 11 is 6.46. The summed E-state index contributed by atoms with van der Waals surface area (Å²) in [6, 6.07) is 6.10. The lowest BCUT2D eigenvalue weighted by atomic mass is 10.1. The van der Waals surface area contributed by atoms with Crippen molar-refractivity contribution in [2.24, 2.45) is 0 Å². The topological polar surface area (TPSA) is 33.7 Å². The van der Waals surface area contributed by atoms with Crippen molar-refractivity contribution in [2.45, 2.75) is 32.6 Å². The van der Waals surface area contributed by atoms with E-state index in [9.17, 15) is 0 Å². The molecule has 2 rings (SSSR count). The van der Waals surface area contributed by atoms with Crippen molar-refractivity contribution in [3.05, 3.63) is 28.8 Å². The van der Waals surface area contributed by atoms with Gasteiger partial charge in [-0.25, -0.2) is 0 Å². The molecule has 1 N–H and O–H groups in total. The number of benzene rings is 1. The Kier molecular flexibility index (Phi) is 6.30. The Bertz CT molecular complexity index is 446. The van der Waals surface area contributed by atoms with Crippen LogP contribution in [0.3, 0.4) is 0 Å². The van der Waals surface area contributed by atoms with Crippen molar-refractivity contribution in [1.82, 2.24) is 5.32 Å². The van der Waals surface area contributed by atoms with Gasteiger partial charge in [0.15, 0.2) is 0 Å². The van der Waals surface area contributed by atoms with E-state index in [1.807, 2.05) is 12.1 Å². The summed E-state index contributed by atoms with van der Waals surface area (Å²) in [5.41, 5.74) is 2.35. The first-order chi connectivity index (χ1) is 10.1. The molecule has 0 radical (unpaired) electrons. The molecule has 1 aliphatic rings. The van der Waals surface area contributed by atoms with Gasteiger partial charge in [-0.15, -0.1) is 0 Å². The van der Waals surface area contributed by atoms with Crippen LogP contribution >= 0.6 is 11.6 Å². The fourth-order valence-corrected chi connectivity index (χ4v) is 3.13. The van der Waals surface area contributed by atoms with E-state index in [1.165, 1.54) is 5.56 Å². The van der Waals surface area contributed by atoms with Crippen LogP contribution in [0, 0.1) is 0 Å². The van der Waals surface area contributed by atoms with Gasteiger partial charge in [-0.1, -0.05) is 23.7 Å².